The molecule has 1 aromatic rings. The fourth-order valence-corrected chi connectivity index (χ4v) is 3.41. The Hall–Kier alpha value is -3.58. The van der Waals surface area contributed by atoms with E-state index >= 15 is 0 Å². The molecule has 13 heteroatoms. The van der Waals surface area contributed by atoms with Crippen molar-refractivity contribution in [1.82, 2.24) is 21.3 Å². The molecular formula is C25H41N7O6. The van der Waals surface area contributed by atoms with Crippen LogP contribution in [0.15, 0.2) is 24.3 Å². The standard InChI is InChI=1S/C25H41N7O6/c1-13(2)20(27-12-15(5)26)24(35)31-21(14(3)4)25(36)29-16(6)22(33)28-17(7)23(34)30-18-8-10-19(11-9-18)32(37)38/h8-11,13-17,20-21,27H,12,26H2,1-7H3,(H,28,33)(H,29,36)(H,30,34)(H,31,35)/t15-,16-,17-,20-,21-/m0/s1. The van der Waals surface area contributed by atoms with Crippen LogP contribution in [0.3, 0.4) is 0 Å². The highest BCUT2D eigenvalue weighted by atomic mass is 16.6. The van der Waals surface area contributed by atoms with Crippen LogP contribution < -0.4 is 32.3 Å². The van der Waals surface area contributed by atoms with Gasteiger partial charge in [0.05, 0.1) is 11.0 Å². The molecule has 7 N–H and O–H groups in total. The third-order valence-electron chi connectivity index (χ3n) is 5.71. The quantitative estimate of drug-likeness (QED) is 0.147. The maximum Gasteiger partial charge on any atom is 0.269 e. The van der Waals surface area contributed by atoms with Crippen LogP contribution in [-0.2, 0) is 19.2 Å². The first-order chi connectivity index (χ1) is 17.6. The van der Waals surface area contributed by atoms with Crippen LogP contribution in [-0.4, -0.2) is 65.3 Å². The minimum atomic E-state index is -0.993. The van der Waals surface area contributed by atoms with Crippen molar-refractivity contribution >= 4 is 35.0 Å². The van der Waals surface area contributed by atoms with Crippen molar-refractivity contribution in [1.29, 1.82) is 0 Å². The van der Waals surface area contributed by atoms with Gasteiger partial charge in [-0.05, 0) is 44.7 Å². The number of rotatable bonds is 14. The molecule has 4 amide bonds. The molecule has 212 valence electrons. The first-order valence-corrected chi connectivity index (χ1v) is 12.6. The Morgan fingerprint density at radius 2 is 1.24 bits per heavy atom. The molecule has 5 atom stereocenters. The molecule has 38 heavy (non-hydrogen) atoms. The van der Waals surface area contributed by atoms with Gasteiger partial charge in [-0.1, -0.05) is 27.7 Å². The van der Waals surface area contributed by atoms with Gasteiger partial charge in [0.25, 0.3) is 5.69 Å². The van der Waals surface area contributed by atoms with Gasteiger partial charge >= 0.3 is 0 Å². The molecule has 0 aliphatic rings. The Labute approximate surface area is 223 Å². The highest BCUT2D eigenvalue weighted by molar-refractivity contribution is 5.98. The maximum absolute atomic E-state index is 13.0. The van der Waals surface area contributed by atoms with Gasteiger partial charge in [-0.25, -0.2) is 0 Å². The number of nitro groups is 1. The number of benzene rings is 1. The zero-order valence-electron chi connectivity index (χ0n) is 23.0. The lowest BCUT2D eigenvalue weighted by Gasteiger charge is -2.28. The van der Waals surface area contributed by atoms with Crippen LogP contribution in [0, 0.1) is 22.0 Å². The molecule has 0 saturated carbocycles. The van der Waals surface area contributed by atoms with Gasteiger partial charge < -0.3 is 32.3 Å². The molecule has 0 fully saturated rings. The third-order valence-corrected chi connectivity index (χ3v) is 5.71. The smallest absolute Gasteiger partial charge is 0.269 e. The van der Waals surface area contributed by atoms with Gasteiger partial charge in [-0.3, -0.25) is 29.3 Å². The van der Waals surface area contributed by atoms with E-state index in [0.29, 0.717) is 12.2 Å². The lowest BCUT2D eigenvalue weighted by atomic mass is 9.99. The Balaban J connectivity index is 2.72. The van der Waals surface area contributed by atoms with Crippen molar-refractivity contribution in [2.24, 2.45) is 17.6 Å². The van der Waals surface area contributed by atoms with Crippen LogP contribution in [0.5, 0.6) is 0 Å². The van der Waals surface area contributed by atoms with Gasteiger partial charge in [0, 0.05) is 30.4 Å². The van der Waals surface area contributed by atoms with Gasteiger partial charge in [-0.2, -0.15) is 0 Å². The average molecular weight is 536 g/mol. The Kier molecular flexibility index (Phi) is 12.8. The molecule has 1 rings (SSSR count). The summed E-state index contributed by atoms with van der Waals surface area (Å²) in [4.78, 5) is 61.1. The van der Waals surface area contributed by atoms with Crippen molar-refractivity contribution in [2.45, 2.75) is 78.7 Å². The number of nitrogens with two attached hydrogens (primary N) is 1. The Bertz CT molecular complexity index is 981. The summed E-state index contributed by atoms with van der Waals surface area (Å²) in [6.07, 6.45) is 0. The van der Waals surface area contributed by atoms with E-state index in [0.717, 1.165) is 0 Å². The van der Waals surface area contributed by atoms with E-state index in [2.05, 4.69) is 26.6 Å². The fraction of sp³-hybridized carbons (Fsp3) is 0.600. The average Bonchev–Trinajstić information content (AvgIpc) is 2.81. The van der Waals surface area contributed by atoms with Crippen molar-refractivity contribution < 1.29 is 24.1 Å². The van der Waals surface area contributed by atoms with E-state index in [9.17, 15) is 29.3 Å². The second kappa shape index (κ2) is 15.0. The summed E-state index contributed by atoms with van der Waals surface area (Å²) < 4.78 is 0. The van der Waals surface area contributed by atoms with Crippen LogP contribution in [0.25, 0.3) is 0 Å². The molecule has 0 aliphatic carbocycles. The number of carbonyl (C=O) groups is 4. The van der Waals surface area contributed by atoms with Crippen molar-refractivity contribution in [2.75, 3.05) is 11.9 Å². The third kappa shape index (κ3) is 10.4. The SMILES string of the molecule is CC(C)[C@H](NC[C@H](C)N)C(=O)N[C@H](C(=O)N[C@@H](C)C(=O)N[C@@H](C)C(=O)Nc1ccc([N+](=O)[O-])cc1)C(C)C. The first-order valence-electron chi connectivity index (χ1n) is 12.6. The molecule has 0 heterocycles. The summed E-state index contributed by atoms with van der Waals surface area (Å²) in [6, 6.07) is 1.72. The molecule has 0 bridgehead atoms. The van der Waals surface area contributed by atoms with Crippen LogP contribution >= 0.6 is 0 Å². The lowest BCUT2D eigenvalue weighted by Crippen LogP contribution is -2.59. The molecule has 0 saturated heterocycles. The van der Waals surface area contributed by atoms with E-state index in [1.54, 1.807) is 13.8 Å². The fourth-order valence-electron chi connectivity index (χ4n) is 3.41. The highest BCUT2D eigenvalue weighted by Gasteiger charge is 2.31. The number of nitrogens with one attached hydrogen (secondary N) is 5. The van der Waals surface area contributed by atoms with E-state index < -0.39 is 46.8 Å². The van der Waals surface area contributed by atoms with Gasteiger partial charge in [0.15, 0.2) is 0 Å². The van der Waals surface area contributed by atoms with E-state index in [1.165, 1.54) is 38.1 Å². The molecular weight excluding hydrogens is 494 g/mol. The number of carbonyl (C=O) groups excluding carboxylic acids is 4. The molecule has 0 radical (unpaired) electrons. The summed E-state index contributed by atoms with van der Waals surface area (Å²) in [5, 5.41) is 24.3. The van der Waals surface area contributed by atoms with Crippen molar-refractivity contribution in [3.8, 4) is 0 Å². The lowest BCUT2D eigenvalue weighted by molar-refractivity contribution is -0.384. The zero-order valence-corrected chi connectivity index (χ0v) is 23.0. The number of nitro benzene ring substituents is 1. The number of amides is 4. The van der Waals surface area contributed by atoms with Gasteiger partial charge in [0.2, 0.25) is 23.6 Å². The molecule has 0 spiro atoms. The predicted molar refractivity (Wildman–Crippen MR) is 144 cm³/mol. The second-order valence-electron chi connectivity index (χ2n) is 10.1. The summed E-state index contributed by atoms with van der Waals surface area (Å²) in [6.45, 7) is 12.5. The Morgan fingerprint density at radius 1 is 0.763 bits per heavy atom. The molecule has 0 aromatic heterocycles. The minimum Gasteiger partial charge on any atom is -0.343 e. The van der Waals surface area contributed by atoms with E-state index in [4.69, 9.17) is 5.73 Å². The summed E-state index contributed by atoms with van der Waals surface area (Å²) in [5.74, 6) is -2.33. The normalized spacial score (nSPS) is 15.1. The summed E-state index contributed by atoms with van der Waals surface area (Å²) in [5.41, 5.74) is 5.99. The summed E-state index contributed by atoms with van der Waals surface area (Å²) >= 11 is 0. The number of hydrogen-bond acceptors (Lipinski definition) is 8. The van der Waals surface area contributed by atoms with E-state index in [1.807, 2.05) is 20.8 Å². The number of anilines is 1. The number of hydrogen-bond donors (Lipinski definition) is 6. The molecule has 0 unspecified atom stereocenters. The molecule has 0 aliphatic heterocycles. The second-order valence-corrected chi connectivity index (χ2v) is 10.1. The van der Waals surface area contributed by atoms with Crippen LogP contribution in [0.1, 0.15) is 48.5 Å². The monoisotopic (exact) mass is 535 g/mol. The van der Waals surface area contributed by atoms with E-state index in [-0.39, 0.29) is 29.5 Å². The van der Waals surface area contributed by atoms with Crippen molar-refractivity contribution in [3.05, 3.63) is 34.4 Å². The Morgan fingerprint density at radius 3 is 1.71 bits per heavy atom. The topological polar surface area (TPSA) is 198 Å². The predicted octanol–water partition coefficient (Wildman–Crippen LogP) is 0.645. The number of nitrogens with zero attached hydrogens (tertiary/aromatic N) is 1. The van der Waals surface area contributed by atoms with Crippen LogP contribution in [0.4, 0.5) is 11.4 Å². The summed E-state index contributed by atoms with van der Waals surface area (Å²) in [7, 11) is 0. The van der Waals surface area contributed by atoms with Gasteiger partial charge in [-0.15, -0.1) is 0 Å². The first kappa shape index (κ1) is 32.4. The highest BCUT2D eigenvalue weighted by Crippen LogP contribution is 2.15. The molecule has 1 aromatic carbocycles. The van der Waals surface area contributed by atoms with Crippen molar-refractivity contribution in [3.63, 3.8) is 0 Å². The minimum absolute atomic E-state index is 0.0482. The van der Waals surface area contributed by atoms with Crippen LogP contribution in [0.2, 0.25) is 0 Å². The maximum atomic E-state index is 13.0. The largest absolute Gasteiger partial charge is 0.343 e. The number of non-ortho nitro benzene ring substituents is 1. The van der Waals surface area contributed by atoms with Gasteiger partial charge in [0.1, 0.15) is 18.1 Å². The molecule has 13 nitrogen and oxygen atoms in total. The zero-order chi connectivity index (χ0) is 29.2.